The lowest BCUT2D eigenvalue weighted by Crippen LogP contribution is -2.63. The van der Waals surface area contributed by atoms with E-state index in [0.717, 1.165) is 44.5 Å². The molecule has 0 saturated carbocycles. The van der Waals surface area contributed by atoms with E-state index in [9.17, 15) is 14.4 Å². The average Bonchev–Trinajstić information content (AvgIpc) is 3.28. The minimum absolute atomic E-state index is 0.0629. The van der Waals surface area contributed by atoms with E-state index < -0.39 is 0 Å². The summed E-state index contributed by atoms with van der Waals surface area (Å²) in [6, 6.07) is 2.29. The highest BCUT2D eigenvalue weighted by Crippen LogP contribution is 2.38. The maximum absolute atomic E-state index is 13.2. The Kier molecular flexibility index (Phi) is 4.97. The number of carbonyl (C=O) groups is 3. The fourth-order valence-electron chi connectivity index (χ4n) is 5.64. The average molecular weight is 417 g/mol. The molecule has 5 rings (SSSR count). The van der Waals surface area contributed by atoms with E-state index in [1.807, 2.05) is 31.5 Å². The first-order chi connectivity index (χ1) is 14.1. The lowest BCUT2D eigenvalue weighted by molar-refractivity contribution is -0.144. The Balaban J connectivity index is 1.19. The quantitative estimate of drug-likeness (QED) is 0.703. The van der Waals surface area contributed by atoms with Crippen LogP contribution in [-0.2, 0) is 4.79 Å². The third kappa shape index (κ3) is 3.52. The van der Waals surface area contributed by atoms with Crippen LogP contribution in [0.3, 0.4) is 0 Å². The third-order valence-corrected chi connectivity index (χ3v) is 7.74. The molecule has 1 aromatic rings. The number of hydrogen-bond donors (Lipinski definition) is 0. The van der Waals surface area contributed by atoms with Gasteiger partial charge >= 0.3 is 6.03 Å². The zero-order valence-electron chi connectivity index (χ0n) is 16.7. The number of piperazine rings is 1. The summed E-state index contributed by atoms with van der Waals surface area (Å²) >= 11 is 1.53. The molecule has 4 aliphatic heterocycles. The smallest absolute Gasteiger partial charge is 0.320 e. The standard InChI is InChI=1S/C21H28N4O3S/c26-19-3-1-2-18-17-10-15(12-25(18)19)11-24(13-17)21(28)23-7-5-22(6-8-23)20(27)16-4-9-29-14-16/h4,9,14-15,17-18H,1-3,5-8,10-13H2/t15?,17?,18-/m1/s1. The van der Waals surface area contributed by atoms with Crippen LogP contribution >= 0.6 is 11.3 Å². The van der Waals surface area contributed by atoms with E-state index >= 15 is 0 Å². The molecule has 156 valence electrons. The molecule has 3 atom stereocenters. The topological polar surface area (TPSA) is 64.2 Å². The van der Waals surface area contributed by atoms with Gasteiger partial charge in [-0.2, -0.15) is 11.3 Å². The number of thiophene rings is 1. The van der Waals surface area contributed by atoms with Crippen molar-refractivity contribution < 1.29 is 14.4 Å². The highest BCUT2D eigenvalue weighted by atomic mass is 32.1. The van der Waals surface area contributed by atoms with Gasteiger partial charge in [-0.1, -0.05) is 0 Å². The Hall–Kier alpha value is -2.09. The molecular weight excluding hydrogens is 388 g/mol. The number of fused-ring (bicyclic) bond motifs is 4. The molecule has 0 aromatic carbocycles. The zero-order chi connectivity index (χ0) is 20.0. The number of carbonyl (C=O) groups excluding carboxylic acids is 3. The van der Waals surface area contributed by atoms with Gasteiger partial charge in [-0.25, -0.2) is 4.79 Å². The van der Waals surface area contributed by atoms with Crippen LogP contribution in [0.2, 0.25) is 0 Å². The molecule has 2 unspecified atom stereocenters. The van der Waals surface area contributed by atoms with E-state index in [2.05, 4.69) is 4.90 Å². The van der Waals surface area contributed by atoms with Gasteiger partial charge in [-0.3, -0.25) is 9.59 Å². The highest BCUT2D eigenvalue weighted by molar-refractivity contribution is 7.08. The summed E-state index contributed by atoms with van der Waals surface area (Å²) in [6.45, 7) is 4.69. The fraction of sp³-hybridized carbons (Fsp3) is 0.667. The lowest BCUT2D eigenvalue weighted by Gasteiger charge is -2.53. The number of hydrogen-bond acceptors (Lipinski definition) is 4. The van der Waals surface area contributed by atoms with Crippen LogP contribution in [0.1, 0.15) is 36.0 Å². The van der Waals surface area contributed by atoms with E-state index in [1.165, 1.54) is 11.3 Å². The van der Waals surface area contributed by atoms with Gasteiger partial charge < -0.3 is 19.6 Å². The Morgan fingerprint density at radius 3 is 2.55 bits per heavy atom. The number of likely N-dealkylation sites (tertiary alicyclic amines) is 1. The van der Waals surface area contributed by atoms with Crippen molar-refractivity contribution >= 4 is 29.2 Å². The monoisotopic (exact) mass is 416 g/mol. The van der Waals surface area contributed by atoms with E-state index in [1.54, 1.807) is 0 Å². The largest absolute Gasteiger partial charge is 0.339 e. The van der Waals surface area contributed by atoms with E-state index in [4.69, 9.17) is 0 Å². The van der Waals surface area contributed by atoms with Gasteiger partial charge in [0, 0.05) is 63.7 Å². The molecule has 1 aromatic heterocycles. The molecule has 0 radical (unpaired) electrons. The van der Waals surface area contributed by atoms with Crippen molar-refractivity contribution in [2.24, 2.45) is 11.8 Å². The number of piperidine rings is 3. The molecule has 0 spiro atoms. The van der Waals surface area contributed by atoms with Gasteiger partial charge in [-0.05, 0) is 42.5 Å². The molecule has 7 nitrogen and oxygen atoms in total. The molecule has 8 heteroatoms. The Morgan fingerprint density at radius 1 is 1.00 bits per heavy atom. The molecule has 4 aliphatic rings. The fourth-order valence-corrected chi connectivity index (χ4v) is 6.27. The summed E-state index contributed by atoms with van der Waals surface area (Å²) in [5.41, 5.74) is 0.741. The van der Waals surface area contributed by atoms with Gasteiger partial charge in [0.1, 0.15) is 0 Å². The maximum atomic E-state index is 13.2. The molecule has 0 aliphatic carbocycles. The zero-order valence-corrected chi connectivity index (χ0v) is 17.5. The normalized spacial score (nSPS) is 29.7. The molecule has 4 amide bonds. The first kappa shape index (κ1) is 18.9. The summed E-state index contributed by atoms with van der Waals surface area (Å²) in [5, 5.41) is 3.80. The van der Waals surface area contributed by atoms with Crippen molar-refractivity contribution in [1.82, 2.24) is 19.6 Å². The van der Waals surface area contributed by atoms with Crippen LogP contribution < -0.4 is 0 Å². The van der Waals surface area contributed by atoms with Crippen molar-refractivity contribution in [3.63, 3.8) is 0 Å². The molecular formula is C21H28N4O3S. The lowest BCUT2D eigenvalue weighted by atomic mass is 9.76. The molecule has 2 bridgehead atoms. The minimum atomic E-state index is 0.0629. The second kappa shape index (κ2) is 7.63. The molecule has 4 fully saturated rings. The van der Waals surface area contributed by atoms with Crippen molar-refractivity contribution in [2.45, 2.75) is 31.7 Å². The van der Waals surface area contributed by atoms with Crippen molar-refractivity contribution in [3.8, 4) is 0 Å². The predicted molar refractivity (Wildman–Crippen MR) is 110 cm³/mol. The Bertz CT molecular complexity index is 790. The van der Waals surface area contributed by atoms with E-state index in [-0.39, 0.29) is 11.9 Å². The van der Waals surface area contributed by atoms with Crippen LogP contribution in [0.4, 0.5) is 4.79 Å². The summed E-state index contributed by atoms with van der Waals surface area (Å²) in [7, 11) is 0. The van der Waals surface area contributed by atoms with Crippen molar-refractivity contribution in [3.05, 3.63) is 22.4 Å². The third-order valence-electron chi connectivity index (χ3n) is 7.06. The van der Waals surface area contributed by atoms with Gasteiger partial charge in [0.05, 0.1) is 5.56 Å². The highest BCUT2D eigenvalue weighted by Gasteiger charge is 2.45. The first-order valence-electron chi connectivity index (χ1n) is 10.7. The molecule has 0 N–H and O–H groups in total. The SMILES string of the molecule is O=C(c1ccsc1)N1CCN(C(=O)N2CC3CC(C2)[C@H]2CCCC(=O)N2C3)CC1. The van der Waals surface area contributed by atoms with Gasteiger partial charge in [0.15, 0.2) is 0 Å². The summed E-state index contributed by atoms with van der Waals surface area (Å²) < 4.78 is 0. The van der Waals surface area contributed by atoms with Gasteiger partial charge in [0.2, 0.25) is 5.91 Å². The summed E-state index contributed by atoms with van der Waals surface area (Å²) in [5.74, 6) is 1.18. The Labute approximate surface area is 175 Å². The van der Waals surface area contributed by atoms with Crippen molar-refractivity contribution in [2.75, 3.05) is 45.8 Å². The maximum Gasteiger partial charge on any atom is 0.320 e. The van der Waals surface area contributed by atoms with Crippen LogP contribution in [0.25, 0.3) is 0 Å². The number of nitrogens with zero attached hydrogens (tertiary/aromatic N) is 4. The summed E-state index contributed by atoms with van der Waals surface area (Å²) in [4.78, 5) is 45.9. The summed E-state index contributed by atoms with van der Waals surface area (Å²) in [6.07, 6.45) is 3.89. The Morgan fingerprint density at radius 2 is 1.79 bits per heavy atom. The minimum Gasteiger partial charge on any atom is -0.339 e. The number of urea groups is 1. The molecule has 29 heavy (non-hydrogen) atoms. The van der Waals surface area contributed by atoms with Crippen LogP contribution in [0, 0.1) is 11.8 Å². The first-order valence-corrected chi connectivity index (χ1v) is 11.7. The van der Waals surface area contributed by atoms with Gasteiger partial charge in [-0.15, -0.1) is 0 Å². The second-order valence-electron chi connectivity index (χ2n) is 8.85. The van der Waals surface area contributed by atoms with Gasteiger partial charge in [0.25, 0.3) is 5.91 Å². The van der Waals surface area contributed by atoms with Crippen LogP contribution in [-0.4, -0.2) is 89.3 Å². The van der Waals surface area contributed by atoms with Crippen LogP contribution in [0.5, 0.6) is 0 Å². The van der Waals surface area contributed by atoms with E-state index in [0.29, 0.717) is 56.4 Å². The predicted octanol–water partition coefficient (Wildman–Crippen LogP) is 1.96. The second-order valence-corrected chi connectivity index (χ2v) is 9.63. The molecule has 5 heterocycles. The molecule has 4 saturated heterocycles. The van der Waals surface area contributed by atoms with Crippen LogP contribution in [0.15, 0.2) is 16.8 Å². The van der Waals surface area contributed by atoms with Crippen molar-refractivity contribution in [1.29, 1.82) is 0 Å². The number of rotatable bonds is 1. The number of amides is 4.